The van der Waals surface area contributed by atoms with E-state index in [2.05, 4.69) is 29.4 Å². The molecule has 1 aliphatic rings. The second-order valence-electron chi connectivity index (χ2n) is 5.87. The number of carbonyl (C=O) groups is 1. The summed E-state index contributed by atoms with van der Waals surface area (Å²) >= 11 is 6.06. The fourth-order valence-corrected chi connectivity index (χ4v) is 2.60. The van der Waals surface area contributed by atoms with Gasteiger partial charge in [0.25, 0.3) is 0 Å². The first-order valence-corrected chi connectivity index (χ1v) is 7.29. The lowest BCUT2D eigenvalue weighted by molar-refractivity contribution is -0.119. The minimum absolute atomic E-state index is 0.00102. The zero-order valence-corrected chi connectivity index (χ0v) is 13.0. The van der Waals surface area contributed by atoms with Crippen LogP contribution in [0.15, 0.2) is 18.2 Å². The largest absolute Gasteiger partial charge is 0.325 e. The first-order chi connectivity index (χ1) is 9.40. The Kier molecular flexibility index (Phi) is 4.68. The van der Waals surface area contributed by atoms with Crippen LogP contribution in [0.1, 0.15) is 19.4 Å². The van der Waals surface area contributed by atoms with Crippen LogP contribution in [0.4, 0.5) is 5.69 Å². The smallest absolute Gasteiger partial charge is 0.238 e. The lowest BCUT2D eigenvalue weighted by atomic mass is 10.0. The number of nitrogens with zero attached hydrogens (tertiary/aromatic N) is 1. The van der Waals surface area contributed by atoms with Gasteiger partial charge in [0, 0.05) is 35.9 Å². The van der Waals surface area contributed by atoms with Gasteiger partial charge in [0.2, 0.25) is 5.91 Å². The first-order valence-electron chi connectivity index (χ1n) is 6.91. The quantitative estimate of drug-likeness (QED) is 0.899. The third kappa shape index (κ3) is 3.51. The van der Waals surface area contributed by atoms with Crippen LogP contribution >= 0.6 is 11.6 Å². The molecule has 4 nitrogen and oxygen atoms in total. The third-order valence-corrected chi connectivity index (χ3v) is 4.26. The van der Waals surface area contributed by atoms with E-state index in [1.54, 1.807) is 0 Å². The maximum absolute atomic E-state index is 12.2. The molecule has 2 rings (SSSR count). The third-order valence-electron chi connectivity index (χ3n) is 3.85. The average molecular weight is 296 g/mol. The lowest BCUT2D eigenvalue weighted by Crippen LogP contribution is -2.59. The van der Waals surface area contributed by atoms with Crippen molar-refractivity contribution in [2.75, 3.05) is 31.5 Å². The van der Waals surface area contributed by atoms with Crippen LogP contribution in [0.3, 0.4) is 0 Å². The topological polar surface area (TPSA) is 44.4 Å². The molecule has 1 amide bonds. The van der Waals surface area contributed by atoms with Gasteiger partial charge in [-0.15, -0.1) is 0 Å². The second-order valence-corrected chi connectivity index (χ2v) is 6.28. The Hall–Kier alpha value is -1.10. The van der Waals surface area contributed by atoms with Gasteiger partial charge >= 0.3 is 0 Å². The molecule has 0 atom stereocenters. The molecule has 1 saturated heterocycles. The minimum atomic E-state index is -0.00102. The highest BCUT2D eigenvalue weighted by Crippen LogP contribution is 2.23. The first kappa shape index (κ1) is 15.3. The molecule has 1 heterocycles. The number of hydrogen-bond acceptors (Lipinski definition) is 3. The monoisotopic (exact) mass is 295 g/mol. The standard InChI is InChI=1S/C15H22ClN3O/c1-11-12(16)5-4-6-13(11)18-14(20)9-19-8-7-17-10-15(19,2)3/h4-6,17H,7-10H2,1-3H3,(H,18,20). The Morgan fingerprint density at radius 2 is 2.25 bits per heavy atom. The summed E-state index contributed by atoms with van der Waals surface area (Å²) < 4.78 is 0. The van der Waals surface area contributed by atoms with Crippen molar-refractivity contribution < 1.29 is 4.79 Å². The van der Waals surface area contributed by atoms with E-state index in [4.69, 9.17) is 11.6 Å². The summed E-state index contributed by atoms with van der Waals surface area (Å²) in [6.45, 7) is 9.32. The summed E-state index contributed by atoms with van der Waals surface area (Å²) in [5.74, 6) is 0.00495. The highest BCUT2D eigenvalue weighted by atomic mass is 35.5. The normalized spacial score (nSPS) is 18.8. The van der Waals surface area contributed by atoms with Gasteiger partial charge in [-0.25, -0.2) is 0 Å². The number of halogens is 1. The molecule has 0 spiro atoms. The minimum Gasteiger partial charge on any atom is -0.325 e. The van der Waals surface area contributed by atoms with Crippen LogP contribution in [-0.2, 0) is 4.79 Å². The van der Waals surface area contributed by atoms with Crippen LogP contribution in [0.2, 0.25) is 5.02 Å². The summed E-state index contributed by atoms with van der Waals surface area (Å²) in [7, 11) is 0. The number of rotatable bonds is 3. The highest BCUT2D eigenvalue weighted by Gasteiger charge is 2.30. The molecule has 20 heavy (non-hydrogen) atoms. The summed E-state index contributed by atoms with van der Waals surface area (Å²) in [6.07, 6.45) is 0. The molecule has 2 N–H and O–H groups in total. The SMILES string of the molecule is Cc1c(Cl)cccc1NC(=O)CN1CCNCC1(C)C. The molecule has 0 unspecified atom stereocenters. The highest BCUT2D eigenvalue weighted by molar-refractivity contribution is 6.31. The summed E-state index contributed by atoms with van der Waals surface area (Å²) in [6, 6.07) is 5.55. The van der Waals surface area contributed by atoms with Gasteiger partial charge in [-0.05, 0) is 38.5 Å². The van der Waals surface area contributed by atoms with E-state index in [0.29, 0.717) is 11.6 Å². The van der Waals surface area contributed by atoms with E-state index in [9.17, 15) is 4.79 Å². The number of amides is 1. The average Bonchev–Trinajstić information content (AvgIpc) is 2.37. The van der Waals surface area contributed by atoms with Crippen molar-refractivity contribution in [1.29, 1.82) is 0 Å². The Morgan fingerprint density at radius 1 is 1.50 bits per heavy atom. The maximum atomic E-state index is 12.2. The fourth-order valence-electron chi connectivity index (χ4n) is 2.42. The molecule has 0 aliphatic carbocycles. The Morgan fingerprint density at radius 3 is 2.95 bits per heavy atom. The molecule has 1 aromatic rings. The number of carbonyl (C=O) groups excluding carboxylic acids is 1. The zero-order chi connectivity index (χ0) is 14.8. The fraction of sp³-hybridized carbons (Fsp3) is 0.533. The van der Waals surface area contributed by atoms with Crippen molar-refractivity contribution in [3.8, 4) is 0 Å². The molecule has 1 aliphatic heterocycles. The molecule has 110 valence electrons. The van der Waals surface area contributed by atoms with Gasteiger partial charge in [0.05, 0.1) is 6.54 Å². The Balaban J connectivity index is 2.00. The summed E-state index contributed by atoms with van der Waals surface area (Å²) in [5, 5.41) is 6.98. The predicted molar refractivity (Wildman–Crippen MR) is 83.3 cm³/mol. The second kappa shape index (κ2) is 6.12. The van der Waals surface area contributed by atoms with E-state index in [0.717, 1.165) is 30.9 Å². The van der Waals surface area contributed by atoms with Crippen LogP contribution in [0, 0.1) is 6.92 Å². The van der Waals surface area contributed by atoms with Crippen LogP contribution < -0.4 is 10.6 Å². The number of benzene rings is 1. The molecular formula is C15H22ClN3O. The molecule has 0 radical (unpaired) electrons. The van der Waals surface area contributed by atoms with Crippen molar-refractivity contribution >= 4 is 23.2 Å². The maximum Gasteiger partial charge on any atom is 0.238 e. The van der Waals surface area contributed by atoms with E-state index in [1.807, 2.05) is 25.1 Å². The molecule has 0 aromatic heterocycles. The van der Waals surface area contributed by atoms with Gasteiger partial charge < -0.3 is 10.6 Å². The van der Waals surface area contributed by atoms with Crippen LogP contribution in [-0.4, -0.2) is 42.5 Å². The number of nitrogens with one attached hydrogen (secondary N) is 2. The van der Waals surface area contributed by atoms with Crippen LogP contribution in [0.5, 0.6) is 0 Å². The van der Waals surface area contributed by atoms with Crippen molar-refractivity contribution in [1.82, 2.24) is 10.2 Å². The van der Waals surface area contributed by atoms with Gasteiger partial charge in [-0.3, -0.25) is 9.69 Å². The van der Waals surface area contributed by atoms with Gasteiger partial charge in [0.15, 0.2) is 0 Å². The molecule has 1 aromatic carbocycles. The number of hydrogen-bond donors (Lipinski definition) is 2. The molecule has 5 heteroatoms. The molecule has 0 bridgehead atoms. The molecule has 0 saturated carbocycles. The summed E-state index contributed by atoms with van der Waals surface area (Å²) in [5.41, 5.74) is 1.69. The van der Waals surface area contributed by atoms with Crippen LogP contribution in [0.25, 0.3) is 0 Å². The zero-order valence-electron chi connectivity index (χ0n) is 12.3. The van der Waals surface area contributed by atoms with E-state index in [-0.39, 0.29) is 11.4 Å². The van der Waals surface area contributed by atoms with Gasteiger partial charge in [0.1, 0.15) is 0 Å². The van der Waals surface area contributed by atoms with E-state index < -0.39 is 0 Å². The lowest BCUT2D eigenvalue weighted by Gasteiger charge is -2.42. The van der Waals surface area contributed by atoms with Gasteiger partial charge in [-0.2, -0.15) is 0 Å². The number of piperazine rings is 1. The van der Waals surface area contributed by atoms with Crippen molar-refractivity contribution in [2.45, 2.75) is 26.3 Å². The Labute approximate surface area is 125 Å². The summed E-state index contributed by atoms with van der Waals surface area (Å²) in [4.78, 5) is 14.4. The van der Waals surface area contributed by atoms with E-state index in [1.165, 1.54) is 0 Å². The van der Waals surface area contributed by atoms with Crippen molar-refractivity contribution in [2.24, 2.45) is 0 Å². The van der Waals surface area contributed by atoms with E-state index >= 15 is 0 Å². The Bertz CT molecular complexity index is 502. The molecule has 1 fully saturated rings. The molecular weight excluding hydrogens is 274 g/mol. The number of anilines is 1. The predicted octanol–water partition coefficient (Wildman–Crippen LogP) is 2.27. The van der Waals surface area contributed by atoms with Gasteiger partial charge in [-0.1, -0.05) is 17.7 Å². The van der Waals surface area contributed by atoms with Crippen molar-refractivity contribution in [3.63, 3.8) is 0 Å². The van der Waals surface area contributed by atoms with Crippen molar-refractivity contribution in [3.05, 3.63) is 28.8 Å².